The number of methoxy groups -OCH3 is 1. The first-order valence-corrected chi connectivity index (χ1v) is 9.87. The lowest BCUT2D eigenvalue weighted by Gasteiger charge is -2.20. The van der Waals surface area contributed by atoms with Crippen molar-refractivity contribution < 1.29 is 23.6 Å². The summed E-state index contributed by atoms with van der Waals surface area (Å²) in [6.45, 7) is -0.365. The second-order valence-corrected chi connectivity index (χ2v) is 7.33. The van der Waals surface area contributed by atoms with Gasteiger partial charge in [0.05, 0.1) is 35.0 Å². The van der Waals surface area contributed by atoms with Crippen molar-refractivity contribution in [2.45, 2.75) is 12.5 Å². The van der Waals surface area contributed by atoms with Crippen LogP contribution in [0, 0.1) is 10.1 Å². The Labute approximate surface area is 175 Å². The fraction of sp³-hybridized carbons (Fsp3) is 0.200. The Morgan fingerprint density at radius 2 is 2.20 bits per heavy atom. The number of non-ortho nitro benzene ring substituents is 1. The van der Waals surface area contributed by atoms with Crippen LogP contribution in [0.25, 0.3) is 0 Å². The fourth-order valence-electron chi connectivity index (χ4n) is 3.13. The summed E-state index contributed by atoms with van der Waals surface area (Å²) in [6, 6.07) is 11.0. The van der Waals surface area contributed by atoms with E-state index in [9.17, 15) is 14.9 Å². The molecule has 1 aliphatic heterocycles. The Kier molecular flexibility index (Phi) is 5.48. The van der Waals surface area contributed by atoms with E-state index in [1.54, 1.807) is 29.7 Å². The third-order valence-corrected chi connectivity index (χ3v) is 5.47. The zero-order valence-corrected chi connectivity index (χ0v) is 16.7. The molecular weight excluding hydrogens is 410 g/mol. The van der Waals surface area contributed by atoms with Crippen molar-refractivity contribution in [1.82, 2.24) is 5.01 Å². The first-order valence-electron chi connectivity index (χ1n) is 8.99. The van der Waals surface area contributed by atoms with Gasteiger partial charge in [-0.2, -0.15) is 5.10 Å². The van der Waals surface area contributed by atoms with Crippen LogP contribution in [0.2, 0.25) is 0 Å². The lowest BCUT2D eigenvalue weighted by molar-refractivity contribution is -0.385. The van der Waals surface area contributed by atoms with Gasteiger partial charge in [0.25, 0.3) is 11.6 Å². The van der Waals surface area contributed by atoms with E-state index in [1.807, 2.05) is 17.5 Å². The highest BCUT2D eigenvalue weighted by Gasteiger charge is 2.35. The maximum absolute atomic E-state index is 12.9. The van der Waals surface area contributed by atoms with Crippen LogP contribution in [0.4, 0.5) is 5.69 Å². The summed E-state index contributed by atoms with van der Waals surface area (Å²) in [5.41, 5.74) is 0.624. The van der Waals surface area contributed by atoms with E-state index >= 15 is 0 Å². The average Bonchev–Trinajstić information content (AvgIpc) is 3.51. The van der Waals surface area contributed by atoms with Crippen LogP contribution >= 0.6 is 11.3 Å². The molecule has 154 valence electrons. The highest BCUT2D eigenvalue weighted by Crippen LogP contribution is 2.35. The summed E-state index contributed by atoms with van der Waals surface area (Å²) in [4.78, 5) is 24.4. The van der Waals surface area contributed by atoms with Crippen molar-refractivity contribution in [2.75, 3.05) is 13.7 Å². The summed E-state index contributed by atoms with van der Waals surface area (Å²) >= 11 is 1.54. The minimum atomic E-state index is -0.543. The second kappa shape index (κ2) is 8.37. The number of furan rings is 1. The van der Waals surface area contributed by atoms with E-state index in [-0.39, 0.29) is 24.1 Å². The number of nitrogens with zero attached hydrogens (tertiary/aromatic N) is 3. The molecule has 0 spiro atoms. The Morgan fingerprint density at radius 3 is 2.87 bits per heavy atom. The van der Waals surface area contributed by atoms with Crippen LogP contribution in [-0.4, -0.2) is 35.3 Å². The Balaban J connectivity index is 1.55. The molecule has 1 amide bonds. The fourth-order valence-corrected chi connectivity index (χ4v) is 3.85. The first kappa shape index (κ1) is 19.6. The Bertz CT molecular complexity index is 1080. The predicted octanol–water partition coefficient (Wildman–Crippen LogP) is 4.01. The highest BCUT2D eigenvalue weighted by atomic mass is 32.1. The maximum Gasteiger partial charge on any atom is 0.281 e. The van der Waals surface area contributed by atoms with Gasteiger partial charge in [-0.05, 0) is 29.6 Å². The number of carbonyl (C=O) groups is 1. The van der Waals surface area contributed by atoms with Crippen molar-refractivity contribution in [1.29, 1.82) is 0 Å². The minimum absolute atomic E-state index is 0.108. The zero-order chi connectivity index (χ0) is 21.1. The highest BCUT2D eigenvalue weighted by molar-refractivity contribution is 7.12. The van der Waals surface area contributed by atoms with Gasteiger partial charge in [0.2, 0.25) is 0 Å². The van der Waals surface area contributed by atoms with E-state index in [1.165, 1.54) is 30.3 Å². The largest absolute Gasteiger partial charge is 0.493 e. The summed E-state index contributed by atoms with van der Waals surface area (Å²) in [5.74, 6) is 0.611. The predicted molar refractivity (Wildman–Crippen MR) is 109 cm³/mol. The molecule has 0 bridgehead atoms. The van der Waals surface area contributed by atoms with Crippen molar-refractivity contribution >= 4 is 28.6 Å². The molecule has 10 heteroatoms. The van der Waals surface area contributed by atoms with Gasteiger partial charge in [-0.15, -0.1) is 11.3 Å². The monoisotopic (exact) mass is 427 g/mol. The number of ether oxygens (including phenoxy) is 2. The topological polar surface area (TPSA) is 107 Å². The summed E-state index contributed by atoms with van der Waals surface area (Å²) < 4.78 is 16.2. The van der Waals surface area contributed by atoms with Gasteiger partial charge in [-0.3, -0.25) is 14.9 Å². The average molecular weight is 427 g/mol. The number of hydrazone groups is 1. The van der Waals surface area contributed by atoms with Crippen LogP contribution < -0.4 is 9.47 Å². The van der Waals surface area contributed by atoms with Gasteiger partial charge in [-0.25, -0.2) is 5.01 Å². The molecule has 2 aromatic heterocycles. The number of nitro benzene ring substituents is 1. The smallest absolute Gasteiger partial charge is 0.281 e. The molecule has 0 saturated carbocycles. The molecule has 1 atom stereocenters. The van der Waals surface area contributed by atoms with Crippen molar-refractivity contribution in [3.8, 4) is 11.5 Å². The Hall–Kier alpha value is -3.66. The quantitative estimate of drug-likeness (QED) is 0.416. The first-order chi connectivity index (χ1) is 14.6. The number of nitro groups is 1. The number of hydrogen-bond acceptors (Lipinski definition) is 8. The molecule has 0 radical (unpaired) electrons. The van der Waals surface area contributed by atoms with Crippen LogP contribution in [0.15, 0.2) is 63.6 Å². The molecule has 1 aromatic carbocycles. The summed E-state index contributed by atoms with van der Waals surface area (Å²) in [5, 5.41) is 18.8. The van der Waals surface area contributed by atoms with Crippen LogP contribution in [0.1, 0.15) is 23.1 Å². The molecule has 0 aliphatic carbocycles. The van der Waals surface area contributed by atoms with Gasteiger partial charge < -0.3 is 13.9 Å². The van der Waals surface area contributed by atoms with Gasteiger partial charge >= 0.3 is 0 Å². The van der Waals surface area contributed by atoms with E-state index in [4.69, 9.17) is 13.9 Å². The third kappa shape index (κ3) is 3.90. The van der Waals surface area contributed by atoms with Gasteiger partial charge in [0, 0.05) is 12.5 Å². The van der Waals surface area contributed by atoms with Crippen LogP contribution in [0.5, 0.6) is 11.5 Å². The third-order valence-electron chi connectivity index (χ3n) is 4.55. The zero-order valence-electron chi connectivity index (χ0n) is 15.9. The summed E-state index contributed by atoms with van der Waals surface area (Å²) in [6.07, 6.45) is 2.06. The normalized spacial score (nSPS) is 15.7. The molecule has 0 fully saturated rings. The minimum Gasteiger partial charge on any atom is -0.493 e. The van der Waals surface area contributed by atoms with E-state index < -0.39 is 10.8 Å². The molecule has 1 aliphatic rings. The van der Waals surface area contributed by atoms with Gasteiger partial charge in [-0.1, -0.05) is 6.07 Å². The molecule has 9 nitrogen and oxygen atoms in total. The molecule has 0 N–H and O–H groups in total. The molecule has 1 unspecified atom stereocenters. The number of rotatable bonds is 7. The van der Waals surface area contributed by atoms with E-state index in [2.05, 4.69) is 5.10 Å². The number of carbonyl (C=O) groups excluding carboxylic acids is 1. The molecule has 3 heterocycles. The van der Waals surface area contributed by atoms with Gasteiger partial charge in [0.1, 0.15) is 11.8 Å². The van der Waals surface area contributed by atoms with Crippen LogP contribution in [0.3, 0.4) is 0 Å². The standard InChI is InChI=1S/C20H17N3O6S/c1-27-17-7-6-13(23(25)26)10-18(17)29-12-20(24)22-15(16-4-2-8-28-16)11-14(21-22)19-5-3-9-30-19/h2-10,15H,11-12H2,1H3. The van der Waals surface area contributed by atoms with Crippen LogP contribution in [-0.2, 0) is 4.79 Å². The van der Waals surface area contributed by atoms with Gasteiger partial charge in [0.15, 0.2) is 18.1 Å². The number of hydrogen-bond donors (Lipinski definition) is 0. The molecule has 4 rings (SSSR count). The van der Waals surface area contributed by atoms with E-state index in [0.29, 0.717) is 17.9 Å². The summed E-state index contributed by atoms with van der Waals surface area (Å²) in [7, 11) is 1.42. The molecule has 30 heavy (non-hydrogen) atoms. The molecular formula is C20H17N3O6S. The molecule has 0 saturated heterocycles. The Morgan fingerprint density at radius 1 is 1.33 bits per heavy atom. The molecule has 3 aromatic rings. The number of thiophene rings is 1. The lowest BCUT2D eigenvalue weighted by Crippen LogP contribution is -2.31. The second-order valence-electron chi connectivity index (χ2n) is 6.38. The maximum atomic E-state index is 12.9. The number of benzene rings is 1. The van der Waals surface area contributed by atoms with Crippen molar-refractivity contribution in [2.24, 2.45) is 5.10 Å². The lowest BCUT2D eigenvalue weighted by atomic mass is 10.1. The SMILES string of the molecule is COc1ccc([N+](=O)[O-])cc1OCC(=O)N1N=C(c2cccs2)CC1c1ccco1. The van der Waals surface area contributed by atoms with Crippen molar-refractivity contribution in [3.05, 3.63) is 74.9 Å². The van der Waals surface area contributed by atoms with Crippen molar-refractivity contribution in [3.63, 3.8) is 0 Å². The van der Waals surface area contributed by atoms with E-state index in [0.717, 1.165) is 10.6 Å². The number of amides is 1.